The van der Waals surface area contributed by atoms with Gasteiger partial charge in [-0.3, -0.25) is 9.59 Å². The van der Waals surface area contributed by atoms with E-state index >= 15 is 0 Å². The van der Waals surface area contributed by atoms with Crippen LogP contribution in [0.15, 0.2) is 62.5 Å². The molecule has 0 spiro atoms. The average Bonchev–Trinajstić information content (AvgIpc) is 3.58. The van der Waals surface area contributed by atoms with Crippen LogP contribution in [0.3, 0.4) is 0 Å². The highest BCUT2D eigenvalue weighted by Crippen LogP contribution is 2.71. The van der Waals surface area contributed by atoms with Gasteiger partial charge in [0.25, 0.3) is 0 Å². The Labute approximate surface area is 218 Å². The highest BCUT2D eigenvalue weighted by atomic mass is 35.5. The van der Waals surface area contributed by atoms with Crippen LogP contribution in [0.2, 0.25) is 0 Å². The Morgan fingerprint density at radius 2 is 1.83 bits per heavy atom. The van der Waals surface area contributed by atoms with Crippen molar-refractivity contribution in [2.75, 3.05) is 0 Å². The molecule has 5 aliphatic carbocycles. The normalized spacial score (nSPS) is 40.1. The standard InChI is InChI=1S/C29H32ClNO4S/c1-16-4-6-17(7-5-16)36(34,35)27(31-15-32)22-9-8-20-18-13-25(30)24-14-26(33)19-12-23(19)29(24,3)21(18)10-11-28(20,22)2/h4-7,13-15,18-21,23H,8-12H2,1-3H3,(H,31,32)/t18-,19+,20-,21-,23-,28-,29-/m0/s1. The molecule has 0 bridgehead atoms. The first-order chi connectivity index (χ1) is 17.0. The summed E-state index contributed by atoms with van der Waals surface area (Å²) in [5.41, 5.74) is 2.35. The maximum absolute atomic E-state index is 13.7. The molecule has 1 aromatic rings. The van der Waals surface area contributed by atoms with Gasteiger partial charge in [0, 0.05) is 16.4 Å². The van der Waals surface area contributed by atoms with E-state index in [0.717, 1.165) is 42.4 Å². The first-order valence-corrected chi connectivity index (χ1v) is 14.8. The van der Waals surface area contributed by atoms with Crippen molar-refractivity contribution in [3.8, 4) is 0 Å². The molecule has 190 valence electrons. The number of nitrogens with one attached hydrogen (secondary N) is 1. The molecule has 0 unspecified atom stereocenters. The third-order valence-electron chi connectivity index (χ3n) is 10.3. The van der Waals surface area contributed by atoms with E-state index in [9.17, 15) is 18.0 Å². The van der Waals surface area contributed by atoms with Gasteiger partial charge >= 0.3 is 0 Å². The van der Waals surface area contributed by atoms with E-state index < -0.39 is 9.84 Å². The van der Waals surface area contributed by atoms with Crippen molar-refractivity contribution in [2.45, 2.75) is 57.8 Å². The van der Waals surface area contributed by atoms with Gasteiger partial charge in [0.1, 0.15) is 5.03 Å². The number of benzene rings is 1. The van der Waals surface area contributed by atoms with Crippen molar-refractivity contribution in [2.24, 2.45) is 40.4 Å². The Hall–Kier alpha value is -2.18. The van der Waals surface area contributed by atoms with Crippen LogP contribution in [0.5, 0.6) is 0 Å². The third kappa shape index (κ3) is 3.16. The van der Waals surface area contributed by atoms with Gasteiger partial charge in [0.2, 0.25) is 16.2 Å². The summed E-state index contributed by atoms with van der Waals surface area (Å²) in [6.45, 7) is 6.39. The molecule has 0 radical (unpaired) electrons. The second-order valence-corrected chi connectivity index (χ2v) is 14.2. The highest BCUT2D eigenvalue weighted by Gasteiger charge is 2.66. The molecular weight excluding hydrogens is 494 g/mol. The van der Waals surface area contributed by atoms with Crippen molar-refractivity contribution >= 4 is 33.6 Å². The number of carbonyl (C=O) groups is 2. The van der Waals surface area contributed by atoms with Crippen LogP contribution in [0.4, 0.5) is 0 Å². The largest absolute Gasteiger partial charge is 0.319 e. The van der Waals surface area contributed by atoms with Crippen molar-refractivity contribution in [1.29, 1.82) is 0 Å². The molecule has 0 aliphatic heterocycles. The average molecular weight is 526 g/mol. The van der Waals surface area contributed by atoms with E-state index in [1.165, 1.54) is 0 Å². The van der Waals surface area contributed by atoms with Crippen LogP contribution in [0.1, 0.15) is 51.5 Å². The van der Waals surface area contributed by atoms with E-state index in [0.29, 0.717) is 29.7 Å². The first kappa shape index (κ1) is 24.2. The molecular formula is C29H32ClNO4S. The van der Waals surface area contributed by atoms with Crippen LogP contribution in [0.25, 0.3) is 0 Å². The maximum atomic E-state index is 13.7. The monoisotopic (exact) mass is 525 g/mol. The number of hydrogen-bond acceptors (Lipinski definition) is 4. The van der Waals surface area contributed by atoms with Crippen molar-refractivity contribution < 1.29 is 18.0 Å². The third-order valence-corrected chi connectivity index (χ3v) is 12.5. The summed E-state index contributed by atoms with van der Waals surface area (Å²) < 4.78 is 27.5. The number of hydrogen-bond donors (Lipinski definition) is 1. The van der Waals surface area contributed by atoms with Crippen molar-refractivity contribution in [3.63, 3.8) is 0 Å². The van der Waals surface area contributed by atoms with Gasteiger partial charge in [0.05, 0.1) is 4.90 Å². The van der Waals surface area contributed by atoms with Crippen LogP contribution in [0, 0.1) is 47.3 Å². The Kier molecular flexibility index (Phi) is 5.31. The molecule has 0 aromatic heterocycles. The van der Waals surface area contributed by atoms with E-state index in [4.69, 9.17) is 11.6 Å². The van der Waals surface area contributed by atoms with E-state index in [1.54, 1.807) is 30.3 Å². The molecule has 5 aliphatic rings. The number of sulfone groups is 1. The number of aryl methyl sites for hydroxylation is 1. The number of ketones is 1. The zero-order valence-corrected chi connectivity index (χ0v) is 22.5. The summed E-state index contributed by atoms with van der Waals surface area (Å²) in [5.74, 6) is 1.53. The van der Waals surface area contributed by atoms with E-state index in [2.05, 4.69) is 25.2 Å². The molecule has 1 aromatic carbocycles. The van der Waals surface area contributed by atoms with Gasteiger partial charge in [-0.15, -0.1) is 0 Å². The van der Waals surface area contributed by atoms with Crippen LogP contribution >= 0.6 is 11.6 Å². The molecule has 3 saturated carbocycles. The Bertz CT molecular complexity index is 1370. The molecule has 3 fully saturated rings. The summed E-state index contributed by atoms with van der Waals surface area (Å²) in [7, 11) is -3.88. The summed E-state index contributed by atoms with van der Waals surface area (Å²) in [6, 6.07) is 6.78. The predicted octanol–water partition coefficient (Wildman–Crippen LogP) is 5.46. The Morgan fingerprint density at radius 1 is 1.11 bits per heavy atom. The lowest BCUT2D eigenvalue weighted by Crippen LogP contribution is -2.50. The minimum absolute atomic E-state index is 0.0491. The second-order valence-electron chi connectivity index (χ2n) is 11.9. The fraction of sp³-hybridized carbons (Fsp3) is 0.517. The first-order valence-electron chi connectivity index (χ1n) is 12.9. The molecule has 1 N–H and O–H groups in total. The van der Waals surface area contributed by atoms with Gasteiger partial charge in [-0.05, 0) is 97.5 Å². The zero-order valence-electron chi connectivity index (χ0n) is 20.9. The van der Waals surface area contributed by atoms with E-state index in [-0.39, 0.29) is 44.3 Å². The van der Waals surface area contributed by atoms with Crippen LogP contribution < -0.4 is 5.32 Å². The highest BCUT2D eigenvalue weighted by molar-refractivity contribution is 7.95. The topological polar surface area (TPSA) is 80.3 Å². The molecule has 1 amide bonds. The molecule has 0 saturated heterocycles. The summed E-state index contributed by atoms with van der Waals surface area (Å²) in [6.07, 6.45) is 8.65. The Morgan fingerprint density at radius 3 is 2.53 bits per heavy atom. The fourth-order valence-corrected chi connectivity index (χ4v) is 10.4. The minimum atomic E-state index is -3.88. The molecule has 36 heavy (non-hydrogen) atoms. The fourth-order valence-electron chi connectivity index (χ4n) is 8.37. The van der Waals surface area contributed by atoms with Crippen LogP contribution in [-0.4, -0.2) is 20.6 Å². The Balaban J connectivity index is 1.44. The van der Waals surface area contributed by atoms with Crippen LogP contribution in [-0.2, 0) is 19.4 Å². The van der Waals surface area contributed by atoms with Gasteiger partial charge in [-0.25, -0.2) is 8.42 Å². The molecule has 5 nitrogen and oxygen atoms in total. The molecule has 0 heterocycles. The maximum Gasteiger partial charge on any atom is 0.221 e. The quantitative estimate of drug-likeness (QED) is 0.529. The molecule has 6 rings (SSSR count). The summed E-state index contributed by atoms with van der Waals surface area (Å²) in [4.78, 5) is 24.4. The summed E-state index contributed by atoms with van der Waals surface area (Å²) >= 11 is 6.87. The molecule has 7 atom stereocenters. The number of allylic oxidation sites excluding steroid dienone is 5. The number of halogens is 1. The lowest BCUT2D eigenvalue weighted by atomic mass is 9.48. The second kappa shape index (κ2) is 7.91. The number of fused-ring (bicyclic) bond motifs is 7. The molecule has 7 heteroatoms. The smallest absolute Gasteiger partial charge is 0.221 e. The van der Waals surface area contributed by atoms with Crippen molar-refractivity contribution in [3.05, 3.63) is 63.2 Å². The summed E-state index contributed by atoms with van der Waals surface area (Å²) in [5, 5.41) is 3.35. The minimum Gasteiger partial charge on any atom is -0.319 e. The zero-order chi connectivity index (χ0) is 25.6. The SMILES string of the molecule is Cc1ccc(S(=O)(=O)C(NC=O)=C2CC[C@H]3[C@@H]4C=C(Cl)C5=CC(=O)[C@@H]6C[C@@H]6[C@]5(C)[C@H]4CC[C@]23C)cc1. The van der Waals surface area contributed by atoms with Gasteiger partial charge < -0.3 is 5.32 Å². The van der Waals surface area contributed by atoms with Gasteiger partial charge in [-0.1, -0.05) is 49.2 Å². The van der Waals surface area contributed by atoms with E-state index in [1.807, 2.05) is 6.92 Å². The number of rotatable bonds is 4. The van der Waals surface area contributed by atoms with Gasteiger partial charge in [-0.2, -0.15) is 0 Å². The number of carbonyl (C=O) groups excluding carboxylic acids is 2. The lowest BCUT2D eigenvalue weighted by molar-refractivity contribution is -0.117. The van der Waals surface area contributed by atoms with Gasteiger partial charge in [0.15, 0.2) is 5.78 Å². The lowest BCUT2D eigenvalue weighted by Gasteiger charge is -2.56. The number of amides is 1. The predicted molar refractivity (Wildman–Crippen MR) is 138 cm³/mol. The van der Waals surface area contributed by atoms with Crippen molar-refractivity contribution in [1.82, 2.24) is 5.32 Å².